The molecular formula is C15H17N3O. The lowest BCUT2D eigenvalue weighted by atomic mass is 10.1. The van der Waals surface area contributed by atoms with Crippen molar-refractivity contribution in [1.29, 1.82) is 0 Å². The third kappa shape index (κ3) is 2.39. The highest BCUT2D eigenvalue weighted by atomic mass is 16.2. The number of benzene rings is 1. The van der Waals surface area contributed by atoms with Crippen molar-refractivity contribution in [2.45, 2.75) is 6.42 Å². The molecule has 1 N–H and O–H groups in total. The predicted octanol–water partition coefficient (Wildman–Crippen LogP) is 1.97. The molecule has 4 heteroatoms. The number of amides is 1. The molecule has 1 amide bonds. The average Bonchev–Trinajstić information content (AvgIpc) is 2.83. The molecule has 1 aromatic carbocycles. The third-order valence-electron chi connectivity index (χ3n) is 3.53. The number of hydrogen-bond acceptors (Lipinski definition) is 2. The molecule has 19 heavy (non-hydrogen) atoms. The van der Waals surface area contributed by atoms with Gasteiger partial charge < -0.3 is 4.90 Å². The molecule has 4 nitrogen and oxygen atoms in total. The Morgan fingerprint density at radius 1 is 1.26 bits per heavy atom. The summed E-state index contributed by atoms with van der Waals surface area (Å²) in [6.07, 6.45) is 4.70. The molecule has 0 atom stereocenters. The van der Waals surface area contributed by atoms with Gasteiger partial charge in [-0.25, -0.2) is 0 Å². The standard InChI is InChI=1S/C15H17N3O/c1-17-9-6-13(7-10-17)15(19)16-18-11-8-12-4-2-3-5-14(12)18/h2-6,8,11H,7,9-10H2,1H3,(H,16,19). The van der Waals surface area contributed by atoms with Crippen LogP contribution in [0.4, 0.5) is 0 Å². The normalized spacial score (nSPS) is 16.4. The molecule has 2 aromatic rings. The van der Waals surface area contributed by atoms with Crippen LogP contribution in [-0.4, -0.2) is 35.6 Å². The van der Waals surface area contributed by atoms with Crippen LogP contribution in [0.25, 0.3) is 10.9 Å². The summed E-state index contributed by atoms with van der Waals surface area (Å²) in [6.45, 7) is 1.78. The van der Waals surface area contributed by atoms with E-state index in [2.05, 4.69) is 17.4 Å². The van der Waals surface area contributed by atoms with E-state index in [0.717, 1.165) is 36.0 Å². The first-order chi connectivity index (χ1) is 9.24. The van der Waals surface area contributed by atoms with Crippen LogP contribution in [0, 0.1) is 0 Å². The lowest BCUT2D eigenvalue weighted by molar-refractivity contribution is -0.113. The molecule has 0 saturated carbocycles. The van der Waals surface area contributed by atoms with E-state index in [1.54, 1.807) is 4.68 Å². The summed E-state index contributed by atoms with van der Waals surface area (Å²) in [5.41, 5.74) is 4.83. The van der Waals surface area contributed by atoms with E-state index in [4.69, 9.17) is 0 Å². The van der Waals surface area contributed by atoms with Crippen LogP contribution in [0.2, 0.25) is 0 Å². The van der Waals surface area contributed by atoms with E-state index in [0.29, 0.717) is 0 Å². The molecule has 0 bridgehead atoms. The largest absolute Gasteiger partial charge is 0.302 e. The van der Waals surface area contributed by atoms with Crippen molar-refractivity contribution in [3.63, 3.8) is 0 Å². The van der Waals surface area contributed by atoms with Gasteiger partial charge in [-0.3, -0.25) is 14.9 Å². The van der Waals surface area contributed by atoms with E-state index in [9.17, 15) is 4.79 Å². The molecule has 0 spiro atoms. The highest BCUT2D eigenvalue weighted by Gasteiger charge is 2.15. The van der Waals surface area contributed by atoms with Crippen molar-refractivity contribution in [2.24, 2.45) is 0 Å². The maximum absolute atomic E-state index is 12.2. The van der Waals surface area contributed by atoms with Gasteiger partial charge in [-0.1, -0.05) is 24.3 Å². The van der Waals surface area contributed by atoms with Crippen molar-refractivity contribution in [1.82, 2.24) is 9.58 Å². The summed E-state index contributed by atoms with van der Waals surface area (Å²) in [6, 6.07) is 10.00. The van der Waals surface area contributed by atoms with E-state index >= 15 is 0 Å². The molecule has 2 heterocycles. The zero-order chi connectivity index (χ0) is 13.2. The van der Waals surface area contributed by atoms with Gasteiger partial charge in [0.1, 0.15) is 0 Å². The minimum atomic E-state index is -0.00514. The van der Waals surface area contributed by atoms with Crippen molar-refractivity contribution in [3.05, 3.63) is 48.2 Å². The van der Waals surface area contributed by atoms with Crippen molar-refractivity contribution >= 4 is 16.8 Å². The maximum Gasteiger partial charge on any atom is 0.265 e. The number of rotatable bonds is 2. The number of fused-ring (bicyclic) bond motifs is 1. The summed E-state index contributed by atoms with van der Waals surface area (Å²) in [5, 5.41) is 1.13. The van der Waals surface area contributed by atoms with Gasteiger partial charge in [-0.05, 0) is 25.6 Å². The summed E-state index contributed by atoms with van der Waals surface area (Å²) in [4.78, 5) is 14.4. The van der Waals surface area contributed by atoms with E-state index in [1.165, 1.54) is 0 Å². The number of nitrogens with one attached hydrogen (secondary N) is 1. The number of nitrogens with zero attached hydrogens (tertiary/aromatic N) is 2. The Labute approximate surface area is 112 Å². The second-order valence-corrected chi connectivity index (χ2v) is 4.93. The number of likely N-dealkylation sites (N-methyl/N-ethyl adjacent to an activating group) is 1. The minimum absolute atomic E-state index is 0.00514. The molecule has 98 valence electrons. The number of carbonyl (C=O) groups excluding carboxylic acids is 1. The first-order valence-corrected chi connectivity index (χ1v) is 6.49. The lowest BCUT2D eigenvalue weighted by Crippen LogP contribution is -2.30. The molecule has 0 saturated heterocycles. The summed E-state index contributed by atoms with van der Waals surface area (Å²) in [5.74, 6) is -0.00514. The molecule has 3 rings (SSSR count). The van der Waals surface area contributed by atoms with E-state index < -0.39 is 0 Å². The zero-order valence-corrected chi connectivity index (χ0v) is 11.0. The molecular weight excluding hydrogens is 238 g/mol. The van der Waals surface area contributed by atoms with Crippen molar-refractivity contribution in [2.75, 3.05) is 25.6 Å². The highest BCUT2D eigenvalue weighted by Crippen LogP contribution is 2.15. The Morgan fingerprint density at radius 3 is 2.89 bits per heavy atom. The fraction of sp³-hybridized carbons (Fsp3) is 0.267. The monoisotopic (exact) mass is 255 g/mol. The quantitative estimate of drug-likeness (QED) is 0.891. The van der Waals surface area contributed by atoms with Gasteiger partial charge in [0.15, 0.2) is 0 Å². The van der Waals surface area contributed by atoms with E-state index in [1.807, 2.05) is 42.6 Å². The second-order valence-electron chi connectivity index (χ2n) is 4.93. The molecule has 1 aliphatic heterocycles. The summed E-state index contributed by atoms with van der Waals surface area (Å²) in [7, 11) is 2.06. The van der Waals surface area contributed by atoms with Gasteiger partial charge >= 0.3 is 0 Å². The fourth-order valence-electron chi connectivity index (χ4n) is 2.34. The van der Waals surface area contributed by atoms with E-state index in [-0.39, 0.29) is 5.91 Å². The van der Waals surface area contributed by atoms with Gasteiger partial charge in [0.25, 0.3) is 5.91 Å². The van der Waals surface area contributed by atoms with Crippen molar-refractivity contribution in [3.8, 4) is 0 Å². The summed E-state index contributed by atoms with van der Waals surface area (Å²) < 4.78 is 1.79. The van der Waals surface area contributed by atoms with Crippen LogP contribution in [0.15, 0.2) is 48.2 Å². The van der Waals surface area contributed by atoms with Crippen LogP contribution in [-0.2, 0) is 4.79 Å². The zero-order valence-electron chi connectivity index (χ0n) is 11.0. The Morgan fingerprint density at radius 2 is 2.11 bits per heavy atom. The Balaban J connectivity index is 1.80. The van der Waals surface area contributed by atoms with Gasteiger partial charge in [-0.15, -0.1) is 0 Å². The molecule has 1 aromatic heterocycles. The van der Waals surface area contributed by atoms with Crippen molar-refractivity contribution < 1.29 is 4.79 Å². The number of aromatic nitrogens is 1. The maximum atomic E-state index is 12.2. The fourth-order valence-corrected chi connectivity index (χ4v) is 2.34. The van der Waals surface area contributed by atoms with Gasteiger partial charge in [0.05, 0.1) is 5.52 Å². The molecule has 0 unspecified atom stereocenters. The van der Waals surface area contributed by atoms with Crippen LogP contribution in [0.3, 0.4) is 0 Å². The number of para-hydroxylation sites is 1. The average molecular weight is 255 g/mol. The Kier molecular flexibility index (Phi) is 3.09. The van der Waals surface area contributed by atoms with Crippen LogP contribution in [0.1, 0.15) is 6.42 Å². The minimum Gasteiger partial charge on any atom is -0.302 e. The highest BCUT2D eigenvalue weighted by molar-refractivity contribution is 6.00. The lowest BCUT2D eigenvalue weighted by Gasteiger charge is -2.21. The first kappa shape index (κ1) is 12.0. The first-order valence-electron chi connectivity index (χ1n) is 6.49. The Hall–Kier alpha value is -2.07. The number of hydrogen-bond donors (Lipinski definition) is 1. The smallest absolute Gasteiger partial charge is 0.265 e. The predicted molar refractivity (Wildman–Crippen MR) is 76.5 cm³/mol. The Bertz CT molecular complexity index is 642. The molecule has 0 fully saturated rings. The van der Waals surface area contributed by atoms with Gasteiger partial charge in [0.2, 0.25) is 0 Å². The molecule has 0 aliphatic carbocycles. The third-order valence-corrected chi connectivity index (χ3v) is 3.53. The summed E-state index contributed by atoms with van der Waals surface area (Å²) >= 11 is 0. The number of carbonyl (C=O) groups is 1. The topological polar surface area (TPSA) is 37.3 Å². The van der Waals surface area contributed by atoms with Gasteiger partial charge in [-0.2, -0.15) is 0 Å². The SMILES string of the molecule is CN1CC=C(C(=O)Nn2ccc3ccccc32)CC1. The second kappa shape index (κ2) is 4.90. The van der Waals surface area contributed by atoms with Gasteiger partial charge in [0, 0.05) is 30.2 Å². The van der Waals surface area contributed by atoms with Crippen LogP contribution in [0.5, 0.6) is 0 Å². The molecule has 1 aliphatic rings. The van der Waals surface area contributed by atoms with Crippen LogP contribution >= 0.6 is 0 Å². The van der Waals surface area contributed by atoms with Crippen LogP contribution < -0.4 is 5.43 Å². The molecule has 0 radical (unpaired) electrons.